The van der Waals surface area contributed by atoms with E-state index in [0.29, 0.717) is 0 Å². The van der Waals surface area contributed by atoms with Gasteiger partial charge >= 0.3 is 7.12 Å². The van der Waals surface area contributed by atoms with Gasteiger partial charge in [-0.05, 0) is 67.9 Å². The molecule has 4 nitrogen and oxygen atoms in total. The second-order valence-corrected chi connectivity index (χ2v) is 11.5. The third-order valence-corrected chi connectivity index (χ3v) is 8.47. The van der Waals surface area contributed by atoms with Crippen molar-refractivity contribution in [3.8, 4) is 28.1 Å². The highest BCUT2D eigenvalue weighted by Crippen LogP contribution is 2.42. The van der Waals surface area contributed by atoms with Gasteiger partial charge in [-0.1, -0.05) is 97.1 Å². The maximum absolute atomic E-state index is 6.32. The first-order valence-electron chi connectivity index (χ1n) is 13.8. The van der Waals surface area contributed by atoms with Crippen molar-refractivity contribution in [2.45, 2.75) is 38.9 Å². The van der Waals surface area contributed by atoms with Crippen molar-refractivity contribution in [1.29, 1.82) is 0 Å². The Kier molecular flexibility index (Phi) is 5.70. The van der Waals surface area contributed by atoms with E-state index in [1.165, 1.54) is 10.8 Å². The van der Waals surface area contributed by atoms with Crippen molar-refractivity contribution in [3.05, 3.63) is 115 Å². The highest BCUT2D eigenvalue weighted by molar-refractivity contribution is 6.62. The van der Waals surface area contributed by atoms with Crippen molar-refractivity contribution in [1.82, 2.24) is 9.78 Å². The lowest BCUT2D eigenvalue weighted by Gasteiger charge is -2.32. The van der Waals surface area contributed by atoms with Gasteiger partial charge in [0.25, 0.3) is 0 Å². The Hall–Kier alpha value is -4.19. The molecule has 7 rings (SSSR count). The summed E-state index contributed by atoms with van der Waals surface area (Å²) in [6, 6.07) is 40.3. The van der Waals surface area contributed by atoms with Gasteiger partial charge in [-0.15, -0.1) is 0 Å². The van der Waals surface area contributed by atoms with Crippen molar-refractivity contribution in [2.75, 3.05) is 0 Å². The fraction of sp³-hybridized carbons (Fsp3) is 0.171. The zero-order valence-electron chi connectivity index (χ0n) is 23.3. The zero-order chi connectivity index (χ0) is 27.5. The molecule has 1 aromatic heterocycles. The average Bonchev–Trinajstić information content (AvgIpc) is 3.48. The Balaban J connectivity index is 1.46. The molecule has 1 aliphatic heterocycles. The molecule has 1 fully saturated rings. The van der Waals surface area contributed by atoms with Crippen LogP contribution in [0.15, 0.2) is 115 Å². The largest absolute Gasteiger partial charge is 0.494 e. The summed E-state index contributed by atoms with van der Waals surface area (Å²) < 4.78 is 14.7. The Morgan fingerprint density at radius 2 is 1.25 bits per heavy atom. The molecule has 0 bridgehead atoms. The van der Waals surface area contributed by atoms with Gasteiger partial charge in [0, 0.05) is 16.3 Å². The first-order chi connectivity index (χ1) is 19.3. The second kappa shape index (κ2) is 9.19. The molecular formula is C35H31BN2O2. The normalized spacial score (nSPS) is 16.1. The molecular weight excluding hydrogens is 491 g/mol. The molecule has 0 saturated carbocycles. The van der Waals surface area contributed by atoms with E-state index in [9.17, 15) is 0 Å². The lowest BCUT2D eigenvalue weighted by atomic mass is 9.78. The van der Waals surface area contributed by atoms with Gasteiger partial charge in [-0.2, -0.15) is 5.10 Å². The zero-order valence-corrected chi connectivity index (χ0v) is 23.3. The summed E-state index contributed by atoms with van der Waals surface area (Å²) in [5.41, 5.74) is 6.73. The number of aromatic nitrogens is 2. The van der Waals surface area contributed by atoms with E-state index in [4.69, 9.17) is 14.4 Å². The van der Waals surface area contributed by atoms with E-state index in [0.717, 1.165) is 44.4 Å². The van der Waals surface area contributed by atoms with Crippen LogP contribution in [0.2, 0.25) is 0 Å². The van der Waals surface area contributed by atoms with Crippen LogP contribution in [0, 0.1) is 0 Å². The fourth-order valence-electron chi connectivity index (χ4n) is 5.57. The molecule has 1 aliphatic rings. The van der Waals surface area contributed by atoms with Crippen LogP contribution in [0.3, 0.4) is 0 Å². The quantitative estimate of drug-likeness (QED) is 0.222. The van der Waals surface area contributed by atoms with Gasteiger partial charge in [0.2, 0.25) is 0 Å². The molecule has 0 aliphatic carbocycles. The molecule has 196 valence electrons. The predicted octanol–water partition coefficient (Wildman–Crippen LogP) is 7.81. The second-order valence-electron chi connectivity index (χ2n) is 11.5. The summed E-state index contributed by atoms with van der Waals surface area (Å²) in [5, 5.41) is 8.74. The van der Waals surface area contributed by atoms with Gasteiger partial charge in [0.05, 0.1) is 22.4 Å². The van der Waals surface area contributed by atoms with E-state index in [2.05, 4.69) is 136 Å². The highest BCUT2D eigenvalue weighted by atomic mass is 16.7. The number of fused-ring (bicyclic) bond motifs is 3. The van der Waals surface area contributed by atoms with Gasteiger partial charge < -0.3 is 9.31 Å². The minimum atomic E-state index is -0.392. The van der Waals surface area contributed by atoms with E-state index < -0.39 is 7.12 Å². The minimum absolute atomic E-state index is 0.378. The van der Waals surface area contributed by atoms with Gasteiger partial charge in [-0.3, -0.25) is 0 Å². The molecule has 5 aromatic carbocycles. The third kappa shape index (κ3) is 3.97. The van der Waals surface area contributed by atoms with Crippen molar-refractivity contribution >= 4 is 34.3 Å². The van der Waals surface area contributed by atoms with Gasteiger partial charge in [0.15, 0.2) is 0 Å². The number of para-hydroxylation sites is 1. The Labute approximate surface area is 235 Å². The highest BCUT2D eigenvalue weighted by Gasteiger charge is 2.51. The number of hydrogen-bond acceptors (Lipinski definition) is 3. The summed E-state index contributed by atoms with van der Waals surface area (Å²) in [6.45, 7) is 8.34. The summed E-state index contributed by atoms with van der Waals surface area (Å²) >= 11 is 0. The number of nitrogens with zero attached hydrogens (tertiary/aromatic N) is 2. The van der Waals surface area contributed by atoms with Gasteiger partial charge in [0.1, 0.15) is 5.69 Å². The first-order valence-corrected chi connectivity index (χ1v) is 13.8. The van der Waals surface area contributed by atoms with Crippen molar-refractivity contribution in [3.63, 3.8) is 0 Å². The summed E-state index contributed by atoms with van der Waals surface area (Å²) in [6.07, 6.45) is 0. The number of hydrogen-bond donors (Lipinski definition) is 0. The maximum atomic E-state index is 6.32. The van der Waals surface area contributed by atoms with E-state index >= 15 is 0 Å². The van der Waals surface area contributed by atoms with E-state index in [-0.39, 0.29) is 11.2 Å². The Morgan fingerprint density at radius 1 is 0.650 bits per heavy atom. The average molecular weight is 522 g/mol. The van der Waals surface area contributed by atoms with E-state index in [1.54, 1.807) is 0 Å². The molecule has 40 heavy (non-hydrogen) atoms. The topological polar surface area (TPSA) is 36.3 Å². The lowest BCUT2D eigenvalue weighted by molar-refractivity contribution is 0.00578. The van der Waals surface area contributed by atoms with Crippen LogP contribution in [0.1, 0.15) is 27.7 Å². The van der Waals surface area contributed by atoms with E-state index in [1.807, 2.05) is 12.1 Å². The molecule has 0 radical (unpaired) electrons. The van der Waals surface area contributed by atoms with Crippen LogP contribution in [0.25, 0.3) is 49.7 Å². The third-order valence-electron chi connectivity index (χ3n) is 8.47. The molecule has 6 aromatic rings. The molecule has 0 spiro atoms. The molecule has 0 unspecified atom stereocenters. The van der Waals surface area contributed by atoms with Crippen LogP contribution in [-0.2, 0) is 9.31 Å². The fourth-order valence-corrected chi connectivity index (χ4v) is 5.57. The minimum Gasteiger partial charge on any atom is -0.399 e. The number of benzene rings is 5. The SMILES string of the molecule is CC1(C)OB(c2ccc(-c3cc4ccccc4c4c3c(-c3ccccc3)nn4-c3ccccc3)cc2)OC1(C)C. The predicted molar refractivity (Wildman–Crippen MR) is 165 cm³/mol. The molecule has 5 heteroatoms. The Morgan fingerprint density at radius 3 is 1.93 bits per heavy atom. The van der Waals surface area contributed by atoms with Crippen LogP contribution in [0.4, 0.5) is 0 Å². The van der Waals surface area contributed by atoms with Crippen molar-refractivity contribution < 1.29 is 9.31 Å². The van der Waals surface area contributed by atoms with Crippen molar-refractivity contribution in [2.24, 2.45) is 0 Å². The molecule has 1 saturated heterocycles. The van der Waals surface area contributed by atoms with Crippen LogP contribution < -0.4 is 5.46 Å². The number of rotatable bonds is 4. The van der Waals surface area contributed by atoms with Crippen LogP contribution in [0.5, 0.6) is 0 Å². The van der Waals surface area contributed by atoms with Crippen LogP contribution >= 0.6 is 0 Å². The molecule has 0 N–H and O–H groups in total. The summed E-state index contributed by atoms with van der Waals surface area (Å²) in [5.74, 6) is 0. The molecule has 0 atom stereocenters. The summed E-state index contributed by atoms with van der Waals surface area (Å²) in [7, 11) is -0.392. The van der Waals surface area contributed by atoms with Gasteiger partial charge in [-0.25, -0.2) is 4.68 Å². The summed E-state index contributed by atoms with van der Waals surface area (Å²) in [4.78, 5) is 0. The molecule has 0 amide bonds. The lowest BCUT2D eigenvalue weighted by Crippen LogP contribution is -2.41. The Bertz CT molecular complexity index is 1830. The maximum Gasteiger partial charge on any atom is 0.494 e. The van der Waals surface area contributed by atoms with Crippen LogP contribution in [-0.4, -0.2) is 28.1 Å². The molecule has 2 heterocycles. The monoisotopic (exact) mass is 522 g/mol. The smallest absolute Gasteiger partial charge is 0.399 e. The first kappa shape index (κ1) is 24.8. The standard InChI is InChI=1S/C35H31BN2O2/c1-34(2)35(3,4)40-36(39-34)27-21-19-24(20-22-27)30-23-26-15-11-12-18-29(26)33-31(30)32(25-13-7-5-8-14-25)37-38(33)28-16-9-6-10-17-28/h5-23H,1-4H3.